The normalized spacial score (nSPS) is 15.1. The van der Waals surface area contributed by atoms with Crippen LogP contribution in [0.2, 0.25) is 4.34 Å². The van der Waals surface area contributed by atoms with Crippen LogP contribution in [0, 0.1) is 0 Å². The lowest BCUT2D eigenvalue weighted by molar-refractivity contribution is 0.0475. The van der Waals surface area contributed by atoms with E-state index in [1.165, 1.54) is 28.6 Å². The van der Waals surface area contributed by atoms with Crippen LogP contribution in [-0.4, -0.2) is 44.2 Å². The summed E-state index contributed by atoms with van der Waals surface area (Å²) in [6.07, 6.45) is 1.71. The molecule has 9 heteroatoms. The molecule has 0 saturated carbocycles. The van der Waals surface area contributed by atoms with Crippen molar-refractivity contribution >= 4 is 44.7 Å². The van der Waals surface area contributed by atoms with Crippen LogP contribution >= 0.6 is 22.9 Å². The molecular formula is C17H16ClNO5S2. The van der Waals surface area contributed by atoms with Crippen LogP contribution in [0.15, 0.2) is 41.3 Å². The van der Waals surface area contributed by atoms with E-state index in [-0.39, 0.29) is 16.2 Å². The number of ketones is 1. The Hall–Kier alpha value is -1.74. The van der Waals surface area contributed by atoms with E-state index >= 15 is 0 Å². The second-order valence-corrected chi connectivity index (χ2v) is 9.39. The Bertz CT molecular complexity index is 915. The summed E-state index contributed by atoms with van der Waals surface area (Å²) < 4.78 is 31.8. The summed E-state index contributed by atoms with van der Waals surface area (Å²) in [7, 11) is -3.52. The predicted octanol–water partition coefficient (Wildman–Crippen LogP) is 3.23. The largest absolute Gasteiger partial charge is 0.454 e. The minimum Gasteiger partial charge on any atom is -0.454 e. The number of carbonyl (C=O) groups is 2. The summed E-state index contributed by atoms with van der Waals surface area (Å²) in [6.45, 7) is 0.630. The first-order valence-electron chi connectivity index (χ1n) is 7.94. The number of nitrogens with zero attached hydrogens (tertiary/aromatic N) is 1. The highest BCUT2D eigenvalue weighted by atomic mass is 35.5. The number of rotatable bonds is 6. The van der Waals surface area contributed by atoms with Gasteiger partial charge in [0.05, 0.1) is 19.7 Å². The molecule has 2 heterocycles. The van der Waals surface area contributed by atoms with E-state index in [4.69, 9.17) is 16.3 Å². The van der Waals surface area contributed by atoms with Crippen molar-refractivity contribution in [3.63, 3.8) is 0 Å². The van der Waals surface area contributed by atoms with Crippen molar-refractivity contribution in [2.24, 2.45) is 0 Å². The highest BCUT2D eigenvalue weighted by Crippen LogP contribution is 2.23. The van der Waals surface area contributed by atoms with Crippen LogP contribution in [0.3, 0.4) is 0 Å². The van der Waals surface area contributed by atoms with Crippen LogP contribution in [0.1, 0.15) is 32.9 Å². The summed E-state index contributed by atoms with van der Waals surface area (Å²) >= 11 is 6.88. The third kappa shape index (κ3) is 4.15. The van der Waals surface area contributed by atoms with Crippen molar-refractivity contribution in [2.45, 2.75) is 17.7 Å². The molecule has 0 bridgehead atoms. The Kier molecular flexibility index (Phi) is 5.76. The predicted molar refractivity (Wildman–Crippen MR) is 98.4 cm³/mol. The Morgan fingerprint density at radius 2 is 1.73 bits per heavy atom. The summed E-state index contributed by atoms with van der Waals surface area (Å²) in [6, 6.07) is 8.70. The fraction of sp³-hybridized carbons (Fsp3) is 0.294. The molecule has 3 rings (SSSR count). The second kappa shape index (κ2) is 7.87. The summed E-state index contributed by atoms with van der Waals surface area (Å²) in [5.74, 6) is -1.03. The molecule has 1 aliphatic heterocycles. The van der Waals surface area contributed by atoms with Gasteiger partial charge in [0, 0.05) is 13.1 Å². The summed E-state index contributed by atoms with van der Waals surface area (Å²) in [5, 5.41) is 0. The maximum absolute atomic E-state index is 12.4. The molecule has 0 spiro atoms. The lowest BCUT2D eigenvalue weighted by atomic mass is 10.2. The van der Waals surface area contributed by atoms with Crippen LogP contribution in [0.4, 0.5) is 0 Å². The van der Waals surface area contributed by atoms with Gasteiger partial charge in [-0.1, -0.05) is 11.6 Å². The molecule has 0 atom stereocenters. The number of thiophene rings is 1. The van der Waals surface area contributed by atoms with Crippen molar-refractivity contribution in [3.8, 4) is 0 Å². The monoisotopic (exact) mass is 413 g/mol. The molecule has 0 aliphatic carbocycles. The lowest BCUT2D eigenvalue weighted by Crippen LogP contribution is -2.27. The number of sulfonamides is 1. The molecule has 0 unspecified atom stereocenters. The first kappa shape index (κ1) is 19.0. The van der Waals surface area contributed by atoms with E-state index in [2.05, 4.69) is 0 Å². The third-order valence-corrected chi connectivity index (χ3v) is 7.16. The van der Waals surface area contributed by atoms with E-state index < -0.39 is 22.6 Å². The molecule has 1 aliphatic rings. The van der Waals surface area contributed by atoms with E-state index in [0.29, 0.717) is 22.3 Å². The van der Waals surface area contributed by atoms with Crippen molar-refractivity contribution in [2.75, 3.05) is 19.7 Å². The molecular weight excluding hydrogens is 398 g/mol. The van der Waals surface area contributed by atoms with E-state index in [1.807, 2.05) is 0 Å². The number of benzene rings is 1. The molecule has 138 valence electrons. The van der Waals surface area contributed by atoms with Gasteiger partial charge in [0.15, 0.2) is 6.61 Å². The molecule has 0 N–H and O–H groups in total. The molecule has 1 aromatic carbocycles. The number of esters is 1. The fourth-order valence-corrected chi connectivity index (χ4v) is 5.07. The summed E-state index contributed by atoms with van der Waals surface area (Å²) in [4.78, 5) is 24.5. The van der Waals surface area contributed by atoms with Gasteiger partial charge >= 0.3 is 5.97 Å². The molecule has 1 aromatic heterocycles. The maximum atomic E-state index is 12.4. The Balaban J connectivity index is 1.62. The topological polar surface area (TPSA) is 80.8 Å². The quantitative estimate of drug-likeness (QED) is 0.536. The van der Waals surface area contributed by atoms with E-state index in [9.17, 15) is 18.0 Å². The number of hydrogen-bond donors (Lipinski definition) is 0. The number of hydrogen-bond acceptors (Lipinski definition) is 6. The fourth-order valence-electron chi connectivity index (χ4n) is 2.59. The van der Waals surface area contributed by atoms with Crippen molar-refractivity contribution < 1.29 is 22.7 Å². The zero-order chi connectivity index (χ0) is 18.7. The highest BCUT2D eigenvalue weighted by molar-refractivity contribution is 7.89. The van der Waals surface area contributed by atoms with Gasteiger partial charge in [-0.3, -0.25) is 4.79 Å². The molecule has 0 amide bonds. The lowest BCUT2D eigenvalue weighted by Gasteiger charge is -2.15. The van der Waals surface area contributed by atoms with E-state index in [1.54, 1.807) is 12.1 Å². The van der Waals surface area contributed by atoms with Crippen LogP contribution in [0.5, 0.6) is 0 Å². The van der Waals surface area contributed by atoms with Gasteiger partial charge in [0.25, 0.3) is 0 Å². The molecule has 0 radical (unpaired) electrons. The van der Waals surface area contributed by atoms with Crippen LogP contribution in [-0.2, 0) is 14.8 Å². The Morgan fingerprint density at radius 1 is 1.08 bits per heavy atom. The number of Topliss-reactive ketones (excluding diaryl/α,β-unsaturated/α-hetero) is 1. The minimum absolute atomic E-state index is 0.139. The molecule has 2 aromatic rings. The highest BCUT2D eigenvalue weighted by Gasteiger charge is 2.27. The van der Waals surface area contributed by atoms with Crippen molar-refractivity contribution in [1.82, 2.24) is 4.31 Å². The van der Waals surface area contributed by atoms with Crippen molar-refractivity contribution in [3.05, 3.63) is 51.2 Å². The summed E-state index contributed by atoms with van der Waals surface area (Å²) in [5.41, 5.74) is 0.183. The van der Waals surface area contributed by atoms with Gasteiger partial charge in [0.2, 0.25) is 15.8 Å². The number of halogens is 1. The smallest absolute Gasteiger partial charge is 0.338 e. The van der Waals surface area contributed by atoms with Gasteiger partial charge in [-0.25, -0.2) is 13.2 Å². The SMILES string of the molecule is O=C(OCC(=O)c1ccc(Cl)s1)c1ccc(S(=O)(=O)N2CCCC2)cc1. The zero-order valence-corrected chi connectivity index (χ0v) is 16.1. The minimum atomic E-state index is -3.52. The molecule has 26 heavy (non-hydrogen) atoms. The third-order valence-electron chi connectivity index (χ3n) is 3.98. The van der Waals surface area contributed by atoms with Gasteiger partial charge in [-0.05, 0) is 49.2 Å². The van der Waals surface area contributed by atoms with Gasteiger partial charge < -0.3 is 4.74 Å². The molecule has 1 fully saturated rings. The first-order chi connectivity index (χ1) is 12.4. The zero-order valence-electron chi connectivity index (χ0n) is 13.7. The van der Waals surface area contributed by atoms with Crippen molar-refractivity contribution in [1.29, 1.82) is 0 Å². The second-order valence-electron chi connectivity index (χ2n) is 5.74. The molecule has 1 saturated heterocycles. The Morgan fingerprint density at radius 3 is 2.31 bits per heavy atom. The van der Waals surface area contributed by atoms with Crippen LogP contribution < -0.4 is 0 Å². The Labute approximate surface area is 160 Å². The maximum Gasteiger partial charge on any atom is 0.338 e. The average Bonchev–Trinajstić information content (AvgIpc) is 3.31. The standard InChI is InChI=1S/C17H16ClNO5S2/c18-16-8-7-15(25-16)14(20)11-24-17(21)12-3-5-13(6-4-12)26(22,23)19-9-1-2-10-19/h3-8H,1-2,9-11H2. The average molecular weight is 414 g/mol. The van der Waals surface area contributed by atoms with Gasteiger partial charge in [0.1, 0.15) is 0 Å². The molecule has 6 nitrogen and oxygen atoms in total. The van der Waals surface area contributed by atoms with E-state index in [0.717, 1.165) is 24.2 Å². The van der Waals surface area contributed by atoms with Crippen LogP contribution in [0.25, 0.3) is 0 Å². The number of ether oxygens (including phenoxy) is 1. The first-order valence-corrected chi connectivity index (χ1v) is 10.6. The van der Waals surface area contributed by atoms with Gasteiger partial charge in [-0.2, -0.15) is 4.31 Å². The van der Waals surface area contributed by atoms with Gasteiger partial charge in [-0.15, -0.1) is 11.3 Å². The number of carbonyl (C=O) groups excluding carboxylic acids is 2.